The van der Waals surface area contributed by atoms with Crippen LogP contribution in [-0.2, 0) is 11.3 Å². The SMILES string of the molecule is NC(=O)C1CNCCN1Cc1ccc(Br)cc1Cl. The van der Waals surface area contributed by atoms with Crippen LogP contribution in [0.15, 0.2) is 22.7 Å². The first kappa shape index (κ1) is 13.8. The van der Waals surface area contributed by atoms with Gasteiger partial charge >= 0.3 is 0 Å². The smallest absolute Gasteiger partial charge is 0.236 e. The van der Waals surface area contributed by atoms with E-state index in [1.165, 1.54) is 0 Å². The fourth-order valence-corrected chi connectivity index (χ4v) is 2.82. The normalized spacial score (nSPS) is 20.9. The third kappa shape index (κ3) is 3.23. The number of nitrogens with zero attached hydrogens (tertiary/aromatic N) is 1. The van der Waals surface area contributed by atoms with Crippen molar-refractivity contribution in [2.24, 2.45) is 5.73 Å². The molecule has 1 atom stereocenters. The van der Waals surface area contributed by atoms with Crippen LogP contribution in [0.25, 0.3) is 0 Å². The van der Waals surface area contributed by atoms with E-state index in [0.29, 0.717) is 18.1 Å². The van der Waals surface area contributed by atoms with E-state index in [2.05, 4.69) is 26.1 Å². The van der Waals surface area contributed by atoms with E-state index < -0.39 is 0 Å². The molecule has 1 heterocycles. The van der Waals surface area contributed by atoms with E-state index in [-0.39, 0.29) is 11.9 Å². The Morgan fingerprint density at radius 2 is 2.39 bits per heavy atom. The standard InChI is InChI=1S/C12H15BrClN3O/c13-9-2-1-8(10(14)5-9)7-17-4-3-16-6-11(17)12(15)18/h1-2,5,11,16H,3-4,6-7H2,(H2,15,18). The molecule has 1 aromatic carbocycles. The van der Waals surface area contributed by atoms with Crippen LogP contribution in [0.4, 0.5) is 0 Å². The number of primary amides is 1. The number of halogens is 2. The molecule has 1 aromatic rings. The lowest BCUT2D eigenvalue weighted by molar-refractivity contribution is -0.124. The van der Waals surface area contributed by atoms with E-state index in [4.69, 9.17) is 17.3 Å². The van der Waals surface area contributed by atoms with Gasteiger partial charge in [0.1, 0.15) is 6.04 Å². The summed E-state index contributed by atoms with van der Waals surface area (Å²) in [6, 6.07) is 5.51. The lowest BCUT2D eigenvalue weighted by Crippen LogP contribution is -2.56. The van der Waals surface area contributed by atoms with E-state index in [0.717, 1.165) is 23.1 Å². The van der Waals surface area contributed by atoms with Gasteiger partial charge in [0, 0.05) is 35.7 Å². The molecule has 18 heavy (non-hydrogen) atoms. The van der Waals surface area contributed by atoms with Gasteiger partial charge in [0.25, 0.3) is 0 Å². The summed E-state index contributed by atoms with van der Waals surface area (Å²) in [5.74, 6) is -0.296. The number of nitrogens with one attached hydrogen (secondary N) is 1. The monoisotopic (exact) mass is 331 g/mol. The summed E-state index contributed by atoms with van der Waals surface area (Å²) in [5, 5.41) is 3.87. The van der Waals surface area contributed by atoms with Crippen molar-refractivity contribution >= 4 is 33.4 Å². The summed E-state index contributed by atoms with van der Waals surface area (Å²) in [4.78, 5) is 13.5. The van der Waals surface area contributed by atoms with Gasteiger partial charge in [-0.05, 0) is 17.7 Å². The number of nitrogens with two attached hydrogens (primary N) is 1. The number of benzene rings is 1. The molecule has 1 aliphatic heterocycles. The summed E-state index contributed by atoms with van der Waals surface area (Å²) < 4.78 is 0.947. The Hall–Kier alpha value is -0.620. The number of hydrogen-bond donors (Lipinski definition) is 2. The molecule has 1 unspecified atom stereocenters. The second-order valence-corrected chi connectivity index (χ2v) is 5.65. The van der Waals surface area contributed by atoms with Crippen molar-refractivity contribution < 1.29 is 4.79 Å². The molecular formula is C12H15BrClN3O. The maximum atomic E-state index is 11.4. The Balaban J connectivity index is 2.13. The van der Waals surface area contributed by atoms with Crippen LogP contribution in [0.1, 0.15) is 5.56 Å². The molecule has 0 bridgehead atoms. The van der Waals surface area contributed by atoms with Crippen LogP contribution in [0.2, 0.25) is 5.02 Å². The molecule has 1 amide bonds. The minimum Gasteiger partial charge on any atom is -0.368 e. The summed E-state index contributed by atoms with van der Waals surface area (Å²) in [5.41, 5.74) is 6.42. The Bertz CT molecular complexity index is 455. The minimum atomic E-state index is -0.296. The van der Waals surface area contributed by atoms with Gasteiger partial charge in [-0.2, -0.15) is 0 Å². The Morgan fingerprint density at radius 1 is 1.61 bits per heavy atom. The van der Waals surface area contributed by atoms with E-state index in [1.54, 1.807) is 0 Å². The van der Waals surface area contributed by atoms with E-state index >= 15 is 0 Å². The first-order valence-corrected chi connectivity index (χ1v) is 6.93. The zero-order valence-corrected chi connectivity index (χ0v) is 12.2. The molecule has 1 fully saturated rings. The van der Waals surface area contributed by atoms with Crippen molar-refractivity contribution in [3.05, 3.63) is 33.3 Å². The second-order valence-electron chi connectivity index (χ2n) is 4.33. The first-order chi connectivity index (χ1) is 8.58. The Morgan fingerprint density at radius 3 is 3.06 bits per heavy atom. The highest BCUT2D eigenvalue weighted by Gasteiger charge is 2.26. The van der Waals surface area contributed by atoms with Gasteiger partial charge in [0.15, 0.2) is 0 Å². The van der Waals surface area contributed by atoms with Gasteiger partial charge in [-0.15, -0.1) is 0 Å². The van der Waals surface area contributed by atoms with Crippen LogP contribution >= 0.6 is 27.5 Å². The molecule has 6 heteroatoms. The third-order valence-electron chi connectivity index (χ3n) is 3.07. The maximum absolute atomic E-state index is 11.4. The molecule has 1 saturated heterocycles. The topological polar surface area (TPSA) is 58.4 Å². The van der Waals surface area contributed by atoms with Crippen molar-refractivity contribution in [1.29, 1.82) is 0 Å². The van der Waals surface area contributed by atoms with Gasteiger partial charge in [0.2, 0.25) is 5.91 Å². The summed E-state index contributed by atoms with van der Waals surface area (Å²) in [6.45, 7) is 2.89. The number of carbonyl (C=O) groups excluding carboxylic acids is 1. The van der Waals surface area contributed by atoms with Crippen LogP contribution in [0.3, 0.4) is 0 Å². The fraction of sp³-hybridized carbons (Fsp3) is 0.417. The Labute approximate surface area is 120 Å². The van der Waals surface area contributed by atoms with Gasteiger partial charge in [0.05, 0.1) is 0 Å². The minimum absolute atomic E-state index is 0.265. The van der Waals surface area contributed by atoms with Gasteiger partial charge in [-0.25, -0.2) is 0 Å². The number of amides is 1. The maximum Gasteiger partial charge on any atom is 0.236 e. The quantitative estimate of drug-likeness (QED) is 0.879. The van der Waals surface area contributed by atoms with Crippen LogP contribution in [-0.4, -0.2) is 36.5 Å². The van der Waals surface area contributed by atoms with E-state index in [1.807, 2.05) is 18.2 Å². The average molecular weight is 333 g/mol. The molecule has 1 aliphatic rings. The lowest BCUT2D eigenvalue weighted by Gasteiger charge is -2.34. The molecule has 2 rings (SSSR count). The van der Waals surface area contributed by atoms with Crippen molar-refractivity contribution in [3.63, 3.8) is 0 Å². The van der Waals surface area contributed by atoms with Crippen molar-refractivity contribution in [3.8, 4) is 0 Å². The second kappa shape index (κ2) is 6.02. The number of carbonyl (C=O) groups is 1. The third-order valence-corrected chi connectivity index (χ3v) is 3.92. The predicted octanol–water partition coefficient (Wildman–Crippen LogP) is 1.36. The molecule has 98 valence electrons. The molecular weight excluding hydrogens is 318 g/mol. The van der Waals surface area contributed by atoms with Crippen LogP contribution < -0.4 is 11.1 Å². The average Bonchev–Trinajstić information content (AvgIpc) is 2.33. The van der Waals surface area contributed by atoms with Gasteiger partial charge < -0.3 is 11.1 Å². The summed E-state index contributed by atoms with van der Waals surface area (Å²) >= 11 is 9.56. The molecule has 0 aliphatic carbocycles. The number of piperazine rings is 1. The number of rotatable bonds is 3. The predicted molar refractivity (Wildman–Crippen MR) is 75.4 cm³/mol. The molecule has 4 nitrogen and oxygen atoms in total. The Kier molecular flexibility index (Phi) is 4.61. The first-order valence-electron chi connectivity index (χ1n) is 5.76. The highest BCUT2D eigenvalue weighted by atomic mass is 79.9. The van der Waals surface area contributed by atoms with Crippen molar-refractivity contribution in [2.45, 2.75) is 12.6 Å². The summed E-state index contributed by atoms with van der Waals surface area (Å²) in [7, 11) is 0. The highest BCUT2D eigenvalue weighted by Crippen LogP contribution is 2.23. The zero-order chi connectivity index (χ0) is 13.1. The molecule has 0 saturated carbocycles. The summed E-state index contributed by atoms with van der Waals surface area (Å²) in [6.07, 6.45) is 0. The molecule has 3 N–H and O–H groups in total. The lowest BCUT2D eigenvalue weighted by atomic mass is 10.1. The number of hydrogen-bond acceptors (Lipinski definition) is 3. The van der Waals surface area contributed by atoms with Gasteiger partial charge in [-0.3, -0.25) is 9.69 Å². The van der Waals surface area contributed by atoms with Crippen molar-refractivity contribution in [1.82, 2.24) is 10.2 Å². The molecule has 0 spiro atoms. The van der Waals surface area contributed by atoms with Crippen LogP contribution in [0, 0.1) is 0 Å². The molecule has 0 aromatic heterocycles. The largest absolute Gasteiger partial charge is 0.368 e. The van der Waals surface area contributed by atoms with Crippen molar-refractivity contribution in [2.75, 3.05) is 19.6 Å². The van der Waals surface area contributed by atoms with Crippen LogP contribution in [0.5, 0.6) is 0 Å². The zero-order valence-electron chi connectivity index (χ0n) is 9.83. The van der Waals surface area contributed by atoms with E-state index in [9.17, 15) is 4.79 Å². The fourth-order valence-electron chi connectivity index (χ4n) is 2.08. The highest BCUT2D eigenvalue weighted by molar-refractivity contribution is 9.10. The molecule has 0 radical (unpaired) electrons. The van der Waals surface area contributed by atoms with Gasteiger partial charge in [-0.1, -0.05) is 33.6 Å².